The maximum Gasteiger partial charge on any atom is 0.417 e. The third-order valence-corrected chi connectivity index (χ3v) is 3.97. The quantitative estimate of drug-likeness (QED) is 0.929. The SMILES string of the molecule is COC1CCN(c2ncc(C(F)(F)F)cc2Cl)C(CN)C1. The summed E-state index contributed by atoms with van der Waals surface area (Å²) in [5.41, 5.74) is 4.89. The zero-order chi connectivity index (χ0) is 15.6. The fourth-order valence-corrected chi connectivity index (χ4v) is 2.80. The molecule has 4 nitrogen and oxygen atoms in total. The first-order valence-corrected chi connectivity index (χ1v) is 6.96. The number of nitrogens with two attached hydrogens (primary N) is 1. The molecule has 2 unspecified atom stereocenters. The highest BCUT2D eigenvalue weighted by atomic mass is 35.5. The molecule has 0 saturated carbocycles. The van der Waals surface area contributed by atoms with Crippen molar-refractivity contribution in [1.29, 1.82) is 0 Å². The molecule has 2 rings (SSSR count). The first-order valence-electron chi connectivity index (χ1n) is 6.59. The van der Waals surface area contributed by atoms with Crippen LogP contribution in [-0.2, 0) is 10.9 Å². The Hall–Kier alpha value is -1.05. The van der Waals surface area contributed by atoms with E-state index in [1.165, 1.54) is 0 Å². The number of aromatic nitrogens is 1. The van der Waals surface area contributed by atoms with Crippen LogP contribution in [-0.4, -0.2) is 37.3 Å². The molecule has 2 atom stereocenters. The van der Waals surface area contributed by atoms with Crippen molar-refractivity contribution in [3.63, 3.8) is 0 Å². The largest absolute Gasteiger partial charge is 0.417 e. The Bertz CT molecular complexity index is 498. The van der Waals surface area contributed by atoms with Crippen LogP contribution in [0.2, 0.25) is 5.02 Å². The molecule has 118 valence electrons. The Kier molecular flexibility index (Phi) is 4.95. The summed E-state index contributed by atoms with van der Waals surface area (Å²) in [4.78, 5) is 5.75. The van der Waals surface area contributed by atoms with Gasteiger partial charge in [0.2, 0.25) is 0 Å². The van der Waals surface area contributed by atoms with Crippen LogP contribution in [0.4, 0.5) is 19.0 Å². The molecule has 0 aromatic carbocycles. The Morgan fingerprint density at radius 1 is 1.52 bits per heavy atom. The molecule has 0 amide bonds. The van der Waals surface area contributed by atoms with Crippen molar-refractivity contribution in [3.8, 4) is 0 Å². The van der Waals surface area contributed by atoms with Gasteiger partial charge in [0, 0.05) is 32.4 Å². The number of rotatable bonds is 3. The topological polar surface area (TPSA) is 51.4 Å². The Morgan fingerprint density at radius 2 is 2.24 bits per heavy atom. The lowest BCUT2D eigenvalue weighted by Crippen LogP contribution is -2.49. The van der Waals surface area contributed by atoms with Gasteiger partial charge in [-0.15, -0.1) is 0 Å². The predicted octanol–water partition coefficient (Wildman–Crippen LogP) is 2.70. The molecule has 1 aromatic heterocycles. The van der Waals surface area contributed by atoms with Crippen molar-refractivity contribution < 1.29 is 17.9 Å². The van der Waals surface area contributed by atoms with Gasteiger partial charge in [-0.2, -0.15) is 13.2 Å². The fourth-order valence-electron chi connectivity index (χ4n) is 2.53. The van der Waals surface area contributed by atoms with E-state index in [1.807, 2.05) is 4.90 Å². The summed E-state index contributed by atoms with van der Waals surface area (Å²) in [7, 11) is 1.64. The smallest absolute Gasteiger partial charge is 0.381 e. The summed E-state index contributed by atoms with van der Waals surface area (Å²) in [6.45, 7) is 0.956. The van der Waals surface area contributed by atoms with E-state index >= 15 is 0 Å². The van der Waals surface area contributed by atoms with E-state index < -0.39 is 11.7 Å². The molecule has 0 spiro atoms. The lowest BCUT2D eigenvalue weighted by Gasteiger charge is -2.39. The second-order valence-corrected chi connectivity index (χ2v) is 5.40. The number of hydrogen-bond acceptors (Lipinski definition) is 4. The van der Waals surface area contributed by atoms with Crippen molar-refractivity contribution >= 4 is 17.4 Å². The number of methoxy groups -OCH3 is 1. The minimum Gasteiger partial charge on any atom is -0.381 e. The van der Waals surface area contributed by atoms with E-state index in [0.717, 1.165) is 18.7 Å². The molecule has 1 aliphatic rings. The molecule has 1 aromatic rings. The van der Waals surface area contributed by atoms with E-state index in [2.05, 4.69) is 4.98 Å². The van der Waals surface area contributed by atoms with Crippen molar-refractivity contribution in [1.82, 2.24) is 4.98 Å². The number of halogens is 4. The van der Waals surface area contributed by atoms with Gasteiger partial charge in [0.1, 0.15) is 5.82 Å². The first kappa shape index (κ1) is 16.3. The van der Waals surface area contributed by atoms with Crippen LogP contribution in [0.1, 0.15) is 18.4 Å². The maximum atomic E-state index is 12.6. The van der Waals surface area contributed by atoms with E-state index in [4.69, 9.17) is 22.1 Å². The summed E-state index contributed by atoms with van der Waals surface area (Å²) in [6.07, 6.45) is -2.09. The molecule has 2 N–H and O–H groups in total. The van der Waals surface area contributed by atoms with Crippen LogP contribution in [0, 0.1) is 0 Å². The van der Waals surface area contributed by atoms with Gasteiger partial charge < -0.3 is 15.4 Å². The molecule has 1 aliphatic heterocycles. The summed E-state index contributed by atoms with van der Waals surface area (Å²) in [5.74, 6) is 0.342. The Labute approximate surface area is 126 Å². The van der Waals surface area contributed by atoms with Crippen molar-refractivity contribution in [3.05, 3.63) is 22.8 Å². The minimum atomic E-state index is -4.45. The van der Waals surface area contributed by atoms with Crippen molar-refractivity contribution in [2.45, 2.75) is 31.2 Å². The molecule has 1 saturated heterocycles. The lowest BCUT2D eigenvalue weighted by molar-refractivity contribution is -0.137. The zero-order valence-corrected chi connectivity index (χ0v) is 12.3. The zero-order valence-electron chi connectivity index (χ0n) is 11.5. The number of ether oxygens (including phenoxy) is 1. The van der Waals surface area contributed by atoms with Crippen molar-refractivity contribution in [2.24, 2.45) is 5.73 Å². The fraction of sp³-hybridized carbons (Fsp3) is 0.615. The average molecular weight is 324 g/mol. The summed E-state index contributed by atoms with van der Waals surface area (Å²) < 4.78 is 43.2. The number of alkyl halides is 3. The van der Waals surface area contributed by atoms with Crippen LogP contribution in [0.5, 0.6) is 0 Å². The monoisotopic (exact) mass is 323 g/mol. The van der Waals surface area contributed by atoms with Gasteiger partial charge in [0.05, 0.1) is 16.7 Å². The van der Waals surface area contributed by atoms with E-state index in [0.29, 0.717) is 25.3 Å². The second-order valence-electron chi connectivity index (χ2n) is 4.99. The predicted molar refractivity (Wildman–Crippen MR) is 74.5 cm³/mol. The normalized spacial score (nSPS) is 23.4. The standard InChI is InChI=1S/C13H17ClF3N3O/c1-21-10-2-3-20(9(5-10)6-18)12-11(14)4-8(7-19-12)13(15,16)17/h4,7,9-10H,2-3,5-6,18H2,1H3. The third kappa shape index (κ3) is 3.59. The molecule has 0 aliphatic carbocycles. The number of piperidine rings is 1. The molecule has 0 radical (unpaired) electrons. The van der Waals surface area contributed by atoms with E-state index in [1.54, 1.807) is 7.11 Å². The van der Waals surface area contributed by atoms with Gasteiger partial charge in [0.15, 0.2) is 0 Å². The lowest BCUT2D eigenvalue weighted by atomic mass is 9.99. The van der Waals surface area contributed by atoms with Crippen LogP contribution in [0.25, 0.3) is 0 Å². The van der Waals surface area contributed by atoms with Gasteiger partial charge in [-0.1, -0.05) is 11.6 Å². The third-order valence-electron chi connectivity index (χ3n) is 3.69. The molecule has 0 bridgehead atoms. The second kappa shape index (κ2) is 6.37. The highest BCUT2D eigenvalue weighted by molar-refractivity contribution is 6.33. The maximum absolute atomic E-state index is 12.6. The van der Waals surface area contributed by atoms with Crippen LogP contribution < -0.4 is 10.6 Å². The average Bonchev–Trinajstić information content (AvgIpc) is 2.45. The van der Waals surface area contributed by atoms with Gasteiger partial charge in [-0.05, 0) is 18.9 Å². The Balaban J connectivity index is 2.25. The molecule has 2 heterocycles. The first-order chi connectivity index (χ1) is 9.86. The highest BCUT2D eigenvalue weighted by Crippen LogP contribution is 2.35. The number of nitrogens with zero attached hydrogens (tertiary/aromatic N) is 2. The van der Waals surface area contributed by atoms with E-state index in [9.17, 15) is 13.2 Å². The summed E-state index contributed by atoms with van der Waals surface area (Å²) >= 11 is 5.99. The Morgan fingerprint density at radius 3 is 2.76 bits per heavy atom. The van der Waals surface area contributed by atoms with Crippen LogP contribution >= 0.6 is 11.6 Å². The highest BCUT2D eigenvalue weighted by Gasteiger charge is 2.34. The molecule has 8 heteroatoms. The number of hydrogen-bond donors (Lipinski definition) is 1. The summed E-state index contributed by atoms with van der Waals surface area (Å²) in [5, 5.41) is -0.0147. The van der Waals surface area contributed by atoms with Crippen LogP contribution in [0.15, 0.2) is 12.3 Å². The molecule has 1 fully saturated rings. The minimum absolute atomic E-state index is 0.0147. The van der Waals surface area contributed by atoms with Gasteiger partial charge >= 0.3 is 6.18 Å². The molecular weight excluding hydrogens is 307 g/mol. The van der Waals surface area contributed by atoms with Gasteiger partial charge in [-0.3, -0.25) is 0 Å². The molecular formula is C13H17ClF3N3O. The molecule has 21 heavy (non-hydrogen) atoms. The van der Waals surface area contributed by atoms with Crippen molar-refractivity contribution in [2.75, 3.05) is 25.1 Å². The number of pyridine rings is 1. The van der Waals surface area contributed by atoms with Gasteiger partial charge in [-0.25, -0.2) is 4.98 Å². The van der Waals surface area contributed by atoms with Crippen LogP contribution in [0.3, 0.4) is 0 Å². The van der Waals surface area contributed by atoms with E-state index in [-0.39, 0.29) is 17.2 Å². The summed E-state index contributed by atoms with van der Waals surface area (Å²) in [6, 6.07) is 0.852. The van der Waals surface area contributed by atoms with Gasteiger partial charge in [0.25, 0.3) is 0 Å². The number of anilines is 1.